The number of nitrogens with zero attached hydrogens (tertiary/aromatic N) is 3. The second-order valence-electron chi connectivity index (χ2n) is 7.09. The van der Waals surface area contributed by atoms with Gasteiger partial charge in [-0.1, -0.05) is 24.3 Å². The van der Waals surface area contributed by atoms with Crippen LogP contribution >= 0.6 is 0 Å². The number of carbonyl (C=O) groups excluding carboxylic acids is 1. The van der Waals surface area contributed by atoms with Crippen molar-refractivity contribution in [3.63, 3.8) is 0 Å². The molecule has 1 saturated heterocycles. The molecule has 1 aliphatic heterocycles. The molecule has 2 heterocycles. The van der Waals surface area contributed by atoms with E-state index in [0.717, 1.165) is 24.2 Å². The second-order valence-corrected chi connectivity index (χ2v) is 7.09. The van der Waals surface area contributed by atoms with Crippen LogP contribution in [0.1, 0.15) is 22.6 Å². The standard InChI is InChI=1S/C19H27N5O/c1-23(2)12-15-6-4-5-14(7-15)8-21-19(25)18-11-20-10-17(18)16-9-22-24(3)13-16/h4-7,9,13,17-18,20H,8,10-12H2,1-3H3,(H,21,25)/t17-,18+/m1/s1. The van der Waals surface area contributed by atoms with Crippen LogP contribution in [-0.4, -0.2) is 47.8 Å². The van der Waals surface area contributed by atoms with Crippen LogP contribution in [0.25, 0.3) is 0 Å². The largest absolute Gasteiger partial charge is 0.352 e. The summed E-state index contributed by atoms with van der Waals surface area (Å²) in [5, 5.41) is 10.7. The zero-order chi connectivity index (χ0) is 17.8. The average Bonchev–Trinajstić information content (AvgIpc) is 3.21. The van der Waals surface area contributed by atoms with Crippen molar-refractivity contribution in [3.05, 3.63) is 53.3 Å². The van der Waals surface area contributed by atoms with Crippen LogP contribution in [0.5, 0.6) is 0 Å². The van der Waals surface area contributed by atoms with Crippen LogP contribution < -0.4 is 10.6 Å². The van der Waals surface area contributed by atoms with Crippen LogP contribution in [0.2, 0.25) is 0 Å². The van der Waals surface area contributed by atoms with Gasteiger partial charge in [-0.05, 0) is 30.8 Å². The van der Waals surface area contributed by atoms with Crippen LogP contribution in [0.4, 0.5) is 0 Å². The number of amides is 1. The van der Waals surface area contributed by atoms with Gasteiger partial charge < -0.3 is 15.5 Å². The predicted octanol–water partition coefficient (Wildman–Crippen LogP) is 1.10. The average molecular weight is 341 g/mol. The second kappa shape index (κ2) is 7.80. The molecule has 2 atom stereocenters. The topological polar surface area (TPSA) is 62.2 Å². The molecule has 2 N–H and O–H groups in total. The number of hydrogen-bond acceptors (Lipinski definition) is 4. The van der Waals surface area contributed by atoms with E-state index in [1.165, 1.54) is 5.56 Å². The van der Waals surface area contributed by atoms with Crippen LogP contribution in [0, 0.1) is 5.92 Å². The van der Waals surface area contributed by atoms with Gasteiger partial charge in [0.15, 0.2) is 0 Å². The van der Waals surface area contributed by atoms with Crippen molar-refractivity contribution in [2.24, 2.45) is 13.0 Å². The molecule has 0 radical (unpaired) electrons. The Kier molecular flexibility index (Phi) is 5.50. The Morgan fingerprint density at radius 1 is 1.36 bits per heavy atom. The molecule has 3 rings (SSSR count). The smallest absolute Gasteiger partial charge is 0.225 e. The normalized spacial score (nSPS) is 20.2. The lowest BCUT2D eigenvalue weighted by Crippen LogP contribution is -2.34. The van der Waals surface area contributed by atoms with Crippen molar-refractivity contribution >= 4 is 5.91 Å². The first-order chi connectivity index (χ1) is 12.0. The van der Waals surface area contributed by atoms with E-state index in [2.05, 4.69) is 59.0 Å². The monoisotopic (exact) mass is 341 g/mol. The van der Waals surface area contributed by atoms with Crippen molar-refractivity contribution in [3.8, 4) is 0 Å². The van der Waals surface area contributed by atoms with Gasteiger partial charge in [-0.15, -0.1) is 0 Å². The number of hydrogen-bond donors (Lipinski definition) is 2. The summed E-state index contributed by atoms with van der Waals surface area (Å²) in [7, 11) is 6.02. The lowest BCUT2D eigenvalue weighted by Gasteiger charge is -2.17. The lowest BCUT2D eigenvalue weighted by molar-refractivity contribution is -0.125. The van der Waals surface area contributed by atoms with Gasteiger partial charge >= 0.3 is 0 Å². The summed E-state index contributed by atoms with van der Waals surface area (Å²) >= 11 is 0. The molecule has 6 heteroatoms. The van der Waals surface area contributed by atoms with E-state index in [0.29, 0.717) is 13.1 Å². The van der Waals surface area contributed by atoms with E-state index in [-0.39, 0.29) is 17.7 Å². The zero-order valence-corrected chi connectivity index (χ0v) is 15.2. The maximum Gasteiger partial charge on any atom is 0.225 e. The molecule has 6 nitrogen and oxygen atoms in total. The molecule has 1 aliphatic rings. The predicted molar refractivity (Wildman–Crippen MR) is 98.0 cm³/mol. The first kappa shape index (κ1) is 17.6. The molecule has 0 spiro atoms. The van der Waals surface area contributed by atoms with E-state index in [1.54, 1.807) is 4.68 Å². The molecule has 0 bridgehead atoms. The van der Waals surface area contributed by atoms with Gasteiger partial charge in [0.25, 0.3) is 0 Å². The summed E-state index contributed by atoms with van der Waals surface area (Å²) in [4.78, 5) is 14.8. The number of aryl methyl sites for hydroxylation is 1. The van der Waals surface area contributed by atoms with Gasteiger partial charge in [0.1, 0.15) is 0 Å². The van der Waals surface area contributed by atoms with Gasteiger partial charge in [0, 0.05) is 45.3 Å². The minimum absolute atomic E-state index is 0.0471. The van der Waals surface area contributed by atoms with Crippen LogP contribution in [-0.2, 0) is 24.9 Å². The van der Waals surface area contributed by atoms with Crippen molar-refractivity contribution < 1.29 is 4.79 Å². The van der Waals surface area contributed by atoms with Gasteiger partial charge in [0.2, 0.25) is 5.91 Å². The summed E-state index contributed by atoms with van der Waals surface area (Å²) in [5.74, 6) is 0.250. The maximum atomic E-state index is 12.7. The molecule has 0 unspecified atom stereocenters. The van der Waals surface area contributed by atoms with Crippen molar-refractivity contribution in [2.75, 3.05) is 27.2 Å². The Labute approximate surface area is 149 Å². The van der Waals surface area contributed by atoms with Gasteiger partial charge in [-0.25, -0.2) is 0 Å². The van der Waals surface area contributed by atoms with Crippen molar-refractivity contribution in [2.45, 2.75) is 19.0 Å². The third-order valence-electron chi connectivity index (χ3n) is 4.66. The fourth-order valence-corrected chi connectivity index (χ4v) is 3.46. The molecule has 1 amide bonds. The Morgan fingerprint density at radius 3 is 2.88 bits per heavy atom. The highest BCUT2D eigenvalue weighted by Gasteiger charge is 2.34. The fraction of sp³-hybridized carbons (Fsp3) is 0.474. The third-order valence-corrected chi connectivity index (χ3v) is 4.66. The van der Waals surface area contributed by atoms with E-state index in [4.69, 9.17) is 0 Å². The van der Waals surface area contributed by atoms with Gasteiger partial charge in [0.05, 0.1) is 12.1 Å². The molecule has 0 saturated carbocycles. The summed E-state index contributed by atoms with van der Waals surface area (Å²) in [6, 6.07) is 8.39. The highest BCUT2D eigenvalue weighted by molar-refractivity contribution is 5.80. The molecule has 1 fully saturated rings. The fourth-order valence-electron chi connectivity index (χ4n) is 3.46. The summed E-state index contributed by atoms with van der Waals surface area (Å²) < 4.78 is 1.79. The van der Waals surface area contributed by atoms with Gasteiger partial charge in [-0.3, -0.25) is 9.48 Å². The maximum absolute atomic E-state index is 12.7. The van der Waals surface area contributed by atoms with Crippen molar-refractivity contribution in [1.29, 1.82) is 0 Å². The van der Waals surface area contributed by atoms with E-state index in [1.807, 2.05) is 19.4 Å². The van der Waals surface area contributed by atoms with E-state index < -0.39 is 0 Å². The number of nitrogens with one attached hydrogen (secondary N) is 2. The molecule has 2 aromatic rings. The molecular weight excluding hydrogens is 314 g/mol. The number of benzene rings is 1. The molecular formula is C19H27N5O. The molecule has 1 aromatic heterocycles. The lowest BCUT2D eigenvalue weighted by atomic mass is 9.90. The van der Waals surface area contributed by atoms with E-state index >= 15 is 0 Å². The molecule has 25 heavy (non-hydrogen) atoms. The first-order valence-electron chi connectivity index (χ1n) is 8.72. The summed E-state index contributed by atoms with van der Waals surface area (Å²) in [6.45, 7) is 3.00. The zero-order valence-electron chi connectivity index (χ0n) is 15.2. The van der Waals surface area contributed by atoms with Crippen LogP contribution in [0.3, 0.4) is 0 Å². The molecule has 134 valence electrons. The van der Waals surface area contributed by atoms with Crippen molar-refractivity contribution in [1.82, 2.24) is 25.3 Å². The Hall–Kier alpha value is -2.18. The third kappa shape index (κ3) is 4.46. The highest BCUT2D eigenvalue weighted by Crippen LogP contribution is 2.27. The highest BCUT2D eigenvalue weighted by atomic mass is 16.1. The molecule has 1 aromatic carbocycles. The SMILES string of the molecule is CN(C)Cc1cccc(CNC(=O)[C@H]2CNC[C@@H]2c2cnn(C)c2)c1. The first-order valence-corrected chi connectivity index (χ1v) is 8.72. The Morgan fingerprint density at radius 2 is 2.16 bits per heavy atom. The number of carbonyl (C=O) groups is 1. The molecule has 0 aliphatic carbocycles. The Balaban J connectivity index is 1.60. The quantitative estimate of drug-likeness (QED) is 0.826. The number of aromatic nitrogens is 2. The minimum atomic E-state index is -0.0471. The summed E-state index contributed by atoms with van der Waals surface area (Å²) in [5.41, 5.74) is 3.52. The Bertz CT molecular complexity index is 724. The summed E-state index contributed by atoms with van der Waals surface area (Å²) in [6.07, 6.45) is 3.87. The number of rotatable bonds is 6. The minimum Gasteiger partial charge on any atom is -0.352 e. The van der Waals surface area contributed by atoms with Crippen LogP contribution in [0.15, 0.2) is 36.7 Å². The van der Waals surface area contributed by atoms with E-state index in [9.17, 15) is 4.79 Å². The van der Waals surface area contributed by atoms with Gasteiger partial charge in [-0.2, -0.15) is 5.10 Å².